The third kappa shape index (κ3) is 4.38. The second-order valence-electron chi connectivity index (χ2n) is 14.9. The van der Waals surface area contributed by atoms with Crippen LogP contribution in [-0.4, -0.2) is 75.4 Å². The molecule has 9 heteroatoms. The van der Waals surface area contributed by atoms with Gasteiger partial charge in [0.2, 0.25) is 0 Å². The van der Waals surface area contributed by atoms with Crippen LogP contribution in [0.2, 0.25) is 0 Å². The maximum absolute atomic E-state index is 13.5. The summed E-state index contributed by atoms with van der Waals surface area (Å²) in [5.41, 5.74) is 0.858. The molecule has 0 radical (unpaired) electrons. The highest BCUT2D eigenvalue weighted by atomic mass is 16.6. The number of fused-ring (bicyclic) bond motifs is 4. The second kappa shape index (κ2) is 10.8. The summed E-state index contributed by atoms with van der Waals surface area (Å²) in [5.74, 6) is -0.815. The van der Waals surface area contributed by atoms with Gasteiger partial charge in [-0.2, -0.15) is 0 Å². The average molecular weight is 603 g/mol. The fourth-order valence-electron chi connectivity index (χ4n) is 10.7. The highest BCUT2D eigenvalue weighted by Gasteiger charge is 2.78. The van der Waals surface area contributed by atoms with Crippen LogP contribution in [0.15, 0.2) is 11.1 Å². The lowest BCUT2D eigenvalue weighted by Crippen LogP contribution is -2.71. The molecule has 0 aromatic heterocycles. The van der Waals surface area contributed by atoms with Crippen molar-refractivity contribution in [3.05, 3.63) is 11.1 Å². The van der Waals surface area contributed by atoms with Gasteiger partial charge in [0.05, 0.1) is 44.6 Å². The number of carbonyl (C=O) groups excluding carboxylic acids is 3. The molecule has 6 aliphatic rings. The largest absolute Gasteiger partial charge is 0.469 e. The van der Waals surface area contributed by atoms with Crippen molar-refractivity contribution in [2.75, 3.05) is 26.9 Å². The van der Waals surface area contributed by atoms with E-state index in [4.69, 9.17) is 28.4 Å². The Kier molecular flexibility index (Phi) is 7.82. The fraction of sp³-hybridized carbons (Fsp3) is 0.853. The number of carbonyl (C=O) groups is 3. The summed E-state index contributed by atoms with van der Waals surface area (Å²) in [4.78, 5) is 39.2. The summed E-state index contributed by atoms with van der Waals surface area (Å²) < 4.78 is 37.4. The topological polar surface area (TPSA) is 107 Å². The van der Waals surface area contributed by atoms with Gasteiger partial charge in [-0.15, -0.1) is 0 Å². The molecule has 3 saturated heterocycles. The van der Waals surface area contributed by atoms with Crippen LogP contribution in [0, 0.1) is 45.8 Å². The van der Waals surface area contributed by atoms with Gasteiger partial charge in [-0.05, 0) is 49.5 Å². The number of allylic oxidation sites excluding steroid dienone is 1. The molecule has 3 heterocycles. The Morgan fingerprint density at radius 3 is 2.47 bits per heavy atom. The third-order valence-electron chi connectivity index (χ3n) is 12.9. The first-order chi connectivity index (χ1) is 20.3. The lowest BCUT2D eigenvalue weighted by molar-refractivity contribution is -0.253. The minimum absolute atomic E-state index is 0.0645. The molecule has 0 bridgehead atoms. The summed E-state index contributed by atoms with van der Waals surface area (Å²) in [6, 6.07) is 0. The minimum atomic E-state index is -0.685. The molecule has 0 aromatic carbocycles. The van der Waals surface area contributed by atoms with E-state index in [-0.39, 0.29) is 60.4 Å². The van der Waals surface area contributed by atoms with Crippen LogP contribution >= 0.6 is 0 Å². The first kappa shape index (κ1) is 31.0. The van der Waals surface area contributed by atoms with Crippen LogP contribution in [0.4, 0.5) is 0 Å². The molecule has 13 atom stereocenters. The van der Waals surface area contributed by atoms with E-state index in [0.29, 0.717) is 31.3 Å². The van der Waals surface area contributed by atoms with E-state index in [0.717, 1.165) is 26.1 Å². The zero-order valence-electron chi connectivity index (χ0n) is 27.1. The molecule has 2 saturated carbocycles. The highest BCUT2D eigenvalue weighted by Crippen LogP contribution is 2.74. The predicted octanol–water partition coefficient (Wildman–Crippen LogP) is 4.65. The highest BCUT2D eigenvalue weighted by molar-refractivity contribution is 5.72. The molecule has 9 nitrogen and oxygen atoms in total. The minimum Gasteiger partial charge on any atom is -0.469 e. The van der Waals surface area contributed by atoms with Gasteiger partial charge in [0.25, 0.3) is 0 Å². The predicted molar refractivity (Wildman–Crippen MR) is 156 cm³/mol. The summed E-state index contributed by atoms with van der Waals surface area (Å²) in [6.07, 6.45) is 1.36. The number of esters is 3. The molecule has 6 rings (SSSR count). The van der Waals surface area contributed by atoms with E-state index >= 15 is 0 Å². The van der Waals surface area contributed by atoms with Crippen LogP contribution in [0.3, 0.4) is 0 Å². The Bertz CT molecular complexity index is 1190. The van der Waals surface area contributed by atoms with Crippen LogP contribution in [0.1, 0.15) is 80.6 Å². The maximum Gasteiger partial charge on any atom is 0.308 e. The number of rotatable bonds is 7. The molecular formula is C34H50O9. The Balaban J connectivity index is 1.52. The fourth-order valence-corrected chi connectivity index (χ4v) is 10.7. The summed E-state index contributed by atoms with van der Waals surface area (Å²) in [7, 11) is 1.43. The molecule has 0 N–H and O–H groups in total. The van der Waals surface area contributed by atoms with Crippen molar-refractivity contribution in [1.29, 1.82) is 0 Å². The van der Waals surface area contributed by atoms with Gasteiger partial charge >= 0.3 is 17.9 Å². The van der Waals surface area contributed by atoms with Crippen molar-refractivity contribution in [2.24, 2.45) is 45.8 Å². The van der Waals surface area contributed by atoms with E-state index in [1.807, 2.05) is 13.8 Å². The number of ether oxygens (including phenoxy) is 6. The van der Waals surface area contributed by atoms with Gasteiger partial charge in [0.1, 0.15) is 12.2 Å². The average Bonchev–Trinajstić information content (AvgIpc) is 3.73. The summed E-state index contributed by atoms with van der Waals surface area (Å²) in [6.45, 7) is 16.0. The first-order valence-electron chi connectivity index (χ1n) is 16.3. The van der Waals surface area contributed by atoms with Crippen molar-refractivity contribution in [1.82, 2.24) is 0 Å². The van der Waals surface area contributed by atoms with Crippen LogP contribution < -0.4 is 0 Å². The van der Waals surface area contributed by atoms with Gasteiger partial charge in [-0.1, -0.05) is 40.2 Å². The molecule has 0 spiro atoms. The van der Waals surface area contributed by atoms with E-state index in [1.165, 1.54) is 25.2 Å². The second-order valence-corrected chi connectivity index (χ2v) is 14.9. The van der Waals surface area contributed by atoms with Gasteiger partial charge in [0.15, 0.2) is 0 Å². The van der Waals surface area contributed by atoms with Crippen molar-refractivity contribution < 1.29 is 42.8 Å². The van der Waals surface area contributed by atoms with Crippen molar-refractivity contribution in [3.8, 4) is 0 Å². The molecule has 240 valence electrons. The monoisotopic (exact) mass is 602 g/mol. The molecule has 3 aliphatic carbocycles. The quantitative estimate of drug-likeness (QED) is 0.234. The molecule has 5 fully saturated rings. The van der Waals surface area contributed by atoms with Crippen molar-refractivity contribution in [2.45, 2.75) is 111 Å². The van der Waals surface area contributed by atoms with Gasteiger partial charge in [-0.3, -0.25) is 14.4 Å². The lowest BCUT2D eigenvalue weighted by atomic mass is 9.39. The van der Waals surface area contributed by atoms with E-state index in [1.54, 1.807) is 0 Å². The molecule has 2 unspecified atom stereocenters. The van der Waals surface area contributed by atoms with Gasteiger partial charge in [0, 0.05) is 48.5 Å². The third-order valence-corrected chi connectivity index (χ3v) is 12.9. The molecule has 43 heavy (non-hydrogen) atoms. The van der Waals surface area contributed by atoms with Crippen LogP contribution in [0.25, 0.3) is 0 Å². The maximum atomic E-state index is 13.5. The Hall–Kier alpha value is -1.97. The van der Waals surface area contributed by atoms with E-state index in [2.05, 4.69) is 27.7 Å². The Labute approximate surface area is 255 Å². The normalized spacial score (nSPS) is 47.0. The zero-order valence-corrected chi connectivity index (χ0v) is 27.1. The van der Waals surface area contributed by atoms with E-state index < -0.39 is 28.5 Å². The van der Waals surface area contributed by atoms with Gasteiger partial charge < -0.3 is 28.4 Å². The SMILES string of the molecule is CCC(C)C(=O)O[C@H]1C[C@@H](OC(C)=O)[C@@]2(C)CO[C@H]3[C@H]4O[C@@H]5C[C@@H](C6CCOC6)C(C)=C5[C@@]4(C)[C@H](CC(=O)OC)[C@]1(C)[C@@H]32. The van der Waals surface area contributed by atoms with Crippen LogP contribution in [0.5, 0.6) is 0 Å². The number of hydrogen-bond donors (Lipinski definition) is 0. The number of hydrogen-bond acceptors (Lipinski definition) is 9. The molecule has 3 aliphatic heterocycles. The zero-order chi connectivity index (χ0) is 31.1. The molecule has 0 amide bonds. The first-order valence-corrected chi connectivity index (χ1v) is 16.3. The van der Waals surface area contributed by atoms with Crippen molar-refractivity contribution >= 4 is 17.9 Å². The van der Waals surface area contributed by atoms with E-state index in [9.17, 15) is 14.4 Å². The number of methoxy groups -OCH3 is 1. The standard InChI is InChI=1S/C34H50O9/c1-9-17(2)31(37)43-25-14-24(41-19(4)35)32(5)16-40-28-29(32)33(25,6)23(13-26(36)38-8)34(7)27-18(3)21(20-10-11-39-15-20)12-22(27)42-30(28)34/h17,20-25,28-30H,9-16H2,1-8H3/t17?,20?,21-,22-,23-,24-,25+,28-,29+,30-,32-,33+,34-/m1/s1. The Morgan fingerprint density at radius 2 is 1.84 bits per heavy atom. The van der Waals surface area contributed by atoms with Gasteiger partial charge in [-0.25, -0.2) is 0 Å². The summed E-state index contributed by atoms with van der Waals surface area (Å²) >= 11 is 0. The Morgan fingerprint density at radius 1 is 1.09 bits per heavy atom. The lowest BCUT2D eigenvalue weighted by Gasteiger charge is -2.65. The summed E-state index contributed by atoms with van der Waals surface area (Å²) in [5, 5.41) is 0. The van der Waals surface area contributed by atoms with Crippen LogP contribution in [-0.2, 0) is 42.8 Å². The van der Waals surface area contributed by atoms with Crippen molar-refractivity contribution in [3.63, 3.8) is 0 Å². The molecular weight excluding hydrogens is 552 g/mol. The molecule has 0 aromatic rings. The smallest absolute Gasteiger partial charge is 0.308 e.